The third kappa shape index (κ3) is 4.75. The number of Topliss-reactive ketones (excluding diaryl/α,β-unsaturated/α-hetero) is 1. The molecule has 0 aromatic heterocycles. The highest BCUT2D eigenvalue weighted by Crippen LogP contribution is 2.60. The fourth-order valence-corrected chi connectivity index (χ4v) is 6.60. The van der Waals surface area contributed by atoms with Crippen LogP contribution in [0.25, 0.3) is 6.08 Å². The number of fused-ring (bicyclic) bond motifs is 1. The Labute approximate surface area is 218 Å². The fourth-order valence-electron chi connectivity index (χ4n) is 6.60. The minimum atomic E-state index is -0.340. The Hall–Kier alpha value is -3.25. The van der Waals surface area contributed by atoms with Gasteiger partial charge in [0.05, 0.1) is 5.92 Å². The number of carbonyl (C=O) groups excluding carboxylic acids is 3. The lowest BCUT2D eigenvalue weighted by Gasteiger charge is -2.36. The molecule has 0 radical (unpaired) electrons. The van der Waals surface area contributed by atoms with E-state index in [0.29, 0.717) is 24.6 Å². The average Bonchev–Trinajstić information content (AvgIpc) is 3.53. The zero-order valence-electron chi connectivity index (χ0n) is 21.4. The molecule has 0 N–H and O–H groups in total. The molecule has 192 valence electrons. The molecule has 1 spiro atoms. The van der Waals surface area contributed by atoms with E-state index in [1.54, 1.807) is 0 Å². The normalized spacial score (nSPS) is 25.0. The van der Waals surface area contributed by atoms with Crippen molar-refractivity contribution in [3.8, 4) is 0 Å². The van der Waals surface area contributed by atoms with E-state index in [9.17, 15) is 14.4 Å². The molecule has 0 bridgehead atoms. The molecule has 2 heterocycles. The molecule has 2 aromatic rings. The Bertz CT molecular complexity index is 1210. The monoisotopic (exact) mass is 497 g/mol. The highest BCUT2D eigenvalue weighted by atomic mass is 16.2. The summed E-state index contributed by atoms with van der Waals surface area (Å²) in [6, 6.07) is 17.9. The minimum Gasteiger partial charge on any atom is -0.342 e. The van der Waals surface area contributed by atoms with Crippen LogP contribution >= 0.6 is 0 Å². The smallest absolute Gasteiger partial charge is 0.230 e. The van der Waals surface area contributed by atoms with Crippen LogP contribution in [0.2, 0.25) is 0 Å². The number of rotatable bonds is 5. The molecule has 2 aliphatic heterocycles. The number of amides is 2. The van der Waals surface area contributed by atoms with Gasteiger partial charge in [0.1, 0.15) is 0 Å². The van der Waals surface area contributed by atoms with Gasteiger partial charge in [-0.2, -0.15) is 0 Å². The van der Waals surface area contributed by atoms with E-state index in [-0.39, 0.29) is 35.4 Å². The molecule has 2 atom stereocenters. The van der Waals surface area contributed by atoms with Gasteiger partial charge in [-0.15, -0.1) is 0 Å². The Morgan fingerprint density at radius 1 is 0.838 bits per heavy atom. The number of hydrogen-bond acceptors (Lipinski definition) is 4. The molecule has 6 rings (SSSR count). The van der Waals surface area contributed by atoms with Crippen molar-refractivity contribution in [2.45, 2.75) is 31.6 Å². The number of likely N-dealkylation sites (tertiary alicyclic amines) is 1. The van der Waals surface area contributed by atoms with Crippen molar-refractivity contribution in [1.82, 2.24) is 14.7 Å². The van der Waals surface area contributed by atoms with Crippen molar-refractivity contribution < 1.29 is 14.4 Å². The van der Waals surface area contributed by atoms with Gasteiger partial charge in [0.25, 0.3) is 0 Å². The first-order valence-corrected chi connectivity index (χ1v) is 13.7. The maximum atomic E-state index is 13.3. The van der Waals surface area contributed by atoms with E-state index >= 15 is 0 Å². The third-order valence-corrected chi connectivity index (χ3v) is 9.04. The van der Waals surface area contributed by atoms with Gasteiger partial charge in [0, 0.05) is 63.7 Å². The molecule has 2 aliphatic carbocycles. The number of piperazine rings is 1. The first-order chi connectivity index (χ1) is 18.0. The van der Waals surface area contributed by atoms with Crippen molar-refractivity contribution in [1.29, 1.82) is 0 Å². The van der Waals surface area contributed by atoms with Crippen LogP contribution in [0.15, 0.2) is 60.7 Å². The summed E-state index contributed by atoms with van der Waals surface area (Å²) < 4.78 is 0. The molecular formula is C31H35N3O3. The minimum absolute atomic E-state index is 0.0718. The van der Waals surface area contributed by atoms with Gasteiger partial charge in [-0.3, -0.25) is 19.3 Å². The van der Waals surface area contributed by atoms with E-state index in [4.69, 9.17) is 0 Å². The topological polar surface area (TPSA) is 60.9 Å². The van der Waals surface area contributed by atoms with Gasteiger partial charge >= 0.3 is 0 Å². The summed E-state index contributed by atoms with van der Waals surface area (Å²) in [4.78, 5) is 45.4. The Kier molecular flexibility index (Phi) is 6.45. The molecule has 2 amide bonds. The number of piperidine rings is 1. The van der Waals surface area contributed by atoms with Crippen LogP contribution < -0.4 is 0 Å². The zero-order chi connectivity index (χ0) is 25.4. The molecule has 37 heavy (non-hydrogen) atoms. The molecule has 2 aromatic carbocycles. The Morgan fingerprint density at radius 2 is 1.51 bits per heavy atom. The SMILES string of the molecule is O=C1C[C@@H](C(=O)N2CCC3(CC2)C[C@@H]3C(=O)N2CCN(C/C=C/c3ccccc3)CC2)c2ccccc21. The second kappa shape index (κ2) is 9.90. The number of carbonyl (C=O) groups is 3. The van der Waals surface area contributed by atoms with Gasteiger partial charge in [-0.05, 0) is 35.8 Å². The van der Waals surface area contributed by atoms with Crippen molar-refractivity contribution in [3.05, 3.63) is 77.4 Å². The van der Waals surface area contributed by atoms with Gasteiger partial charge in [-0.1, -0.05) is 66.7 Å². The molecule has 6 heteroatoms. The molecule has 6 nitrogen and oxygen atoms in total. The number of hydrogen-bond donors (Lipinski definition) is 0. The highest BCUT2D eigenvalue weighted by molar-refractivity contribution is 6.06. The van der Waals surface area contributed by atoms with Crippen LogP contribution in [0.3, 0.4) is 0 Å². The molecule has 2 saturated heterocycles. The predicted octanol–water partition coefficient (Wildman–Crippen LogP) is 3.84. The number of nitrogens with zero attached hydrogens (tertiary/aromatic N) is 3. The van der Waals surface area contributed by atoms with Crippen LogP contribution in [0, 0.1) is 11.3 Å². The number of ketones is 1. The van der Waals surface area contributed by atoms with Gasteiger partial charge in [-0.25, -0.2) is 0 Å². The molecule has 1 saturated carbocycles. The van der Waals surface area contributed by atoms with Crippen LogP contribution in [0.5, 0.6) is 0 Å². The van der Waals surface area contributed by atoms with Crippen molar-refractivity contribution in [2.24, 2.45) is 11.3 Å². The van der Waals surface area contributed by atoms with Crippen LogP contribution in [-0.4, -0.2) is 78.1 Å². The lowest BCUT2D eigenvalue weighted by Crippen LogP contribution is -2.50. The van der Waals surface area contributed by atoms with E-state index in [0.717, 1.165) is 57.5 Å². The average molecular weight is 498 g/mol. The van der Waals surface area contributed by atoms with E-state index in [1.165, 1.54) is 5.56 Å². The summed E-state index contributed by atoms with van der Waals surface area (Å²) in [5.41, 5.74) is 2.87. The molecule has 3 fully saturated rings. The summed E-state index contributed by atoms with van der Waals surface area (Å²) in [5, 5.41) is 0. The fraction of sp³-hybridized carbons (Fsp3) is 0.452. The maximum absolute atomic E-state index is 13.3. The molecule has 0 unspecified atom stereocenters. The maximum Gasteiger partial charge on any atom is 0.230 e. The van der Waals surface area contributed by atoms with Crippen molar-refractivity contribution in [3.63, 3.8) is 0 Å². The lowest BCUT2D eigenvalue weighted by molar-refractivity contribution is -0.136. The first-order valence-electron chi connectivity index (χ1n) is 13.7. The third-order valence-electron chi connectivity index (χ3n) is 9.04. The molecular weight excluding hydrogens is 462 g/mol. The van der Waals surface area contributed by atoms with E-state index in [2.05, 4.69) is 34.1 Å². The second-order valence-corrected chi connectivity index (χ2v) is 11.2. The van der Waals surface area contributed by atoms with Crippen molar-refractivity contribution in [2.75, 3.05) is 45.8 Å². The van der Waals surface area contributed by atoms with Crippen LogP contribution in [0.1, 0.15) is 53.1 Å². The summed E-state index contributed by atoms with van der Waals surface area (Å²) in [7, 11) is 0. The lowest BCUT2D eigenvalue weighted by atomic mass is 9.89. The van der Waals surface area contributed by atoms with Crippen LogP contribution in [-0.2, 0) is 9.59 Å². The quantitative estimate of drug-likeness (QED) is 0.630. The van der Waals surface area contributed by atoms with Gasteiger partial charge < -0.3 is 9.80 Å². The summed E-state index contributed by atoms with van der Waals surface area (Å²) in [6.07, 6.45) is 7.39. The van der Waals surface area contributed by atoms with E-state index in [1.807, 2.05) is 47.4 Å². The number of benzene rings is 2. The second-order valence-electron chi connectivity index (χ2n) is 11.2. The Balaban J connectivity index is 0.970. The zero-order valence-corrected chi connectivity index (χ0v) is 21.4. The Morgan fingerprint density at radius 3 is 2.27 bits per heavy atom. The van der Waals surface area contributed by atoms with Crippen molar-refractivity contribution >= 4 is 23.7 Å². The summed E-state index contributed by atoms with van der Waals surface area (Å²) in [5.74, 6) is 0.238. The van der Waals surface area contributed by atoms with E-state index < -0.39 is 0 Å². The van der Waals surface area contributed by atoms with Gasteiger partial charge in [0.15, 0.2) is 5.78 Å². The highest BCUT2D eigenvalue weighted by Gasteiger charge is 2.59. The summed E-state index contributed by atoms with van der Waals surface area (Å²) >= 11 is 0. The van der Waals surface area contributed by atoms with Crippen LogP contribution in [0.4, 0.5) is 0 Å². The first kappa shape index (κ1) is 24.1. The standard InChI is InChI=1S/C31H35N3O3/c35-28-21-26(24-10-4-5-11-25(24)28)29(36)33-15-12-31(13-16-33)22-27(31)30(37)34-19-17-32(18-20-34)14-6-9-23-7-2-1-3-8-23/h1-11,26-27H,12-22H2/b9-6+/t26-,27-/m1/s1. The largest absolute Gasteiger partial charge is 0.342 e. The summed E-state index contributed by atoms with van der Waals surface area (Å²) in [6.45, 7) is 5.71. The van der Waals surface area contributed by atoms with Gasteiger partial charge in [0.2, 0.25) is 11.8 Å². The predicted molar refractivity (Wildman–Crippen MR) is 143 cm³/mol. The molecule has 4 aliphatic rings.